The molecular weight excluding hydrogens is 279 g/mol. The number of benzene rings is 1. The lowest BCUT2D eigenvalue weighted by atomic mass is 10.0. The Labute approximate surface area is 125 Å². The third kappa shape index (κ3) is 3.85. The number of hydrogen-bond acceptors (Lipinski definition) is 2. The highest BCUT2D eigenvalue weighted by atomic mass is 35.5. The third-order valence-corrected chi connectivity index (χ3v) is 4.67. The van der Waals surface area contributed by atoms with Crippen molar-refractivity contribution in [1.82, 2.24) is 4.90 Å². The van der Waals surface area contributed by atoms with Crippen LogP contribution in [-0.4, -0.2) is 25.0 Å². The fourth-order valence-corrected chi connectivity index (χ4v) is 3.47. The molecule has 1 aromatic rings. The summed E-state index contributed by atoms with van der Waals surface area (Å²) in [4.78, 5) is 2.33. The molecule has 4 heteroatoms. The molecule has 106 valence electrons. The van der Waals surface area contributed by atoms with Gasteiger partial charge in [0, 0.05) is 29.2 Å². The van der Waals surface area contributed by atoms with E-state index in [0.717, 1.165) is 23.0 Å². The molecule has 0 bridgehead atoms. The number of hydrogen-bond donors (Lipinski definition) is 1. The van der Waals surface area contributed by atoms with Crippen LogP contribution < -0.4 is 5.73 Å². The highest BCUT2D eigenvalue weighted by molar-refractivity contribution is 6.33. The standard InChI is InChI=1S/C15H22Cl2N2/c1-19(10-11-4-2-3-5-11)15(9-18)13-8-12(16)6-7-14(13)17/h6-8,11,15H,2-5,9-10,18H2,1H3. The molecule has 1 saturated carbocycles. The van der Waals surface area contributed by atoms with E-state index in [1.165, 1.54) is 25.7 Å². The SMILES string of the molecule is CN(CC1CCCC1)C(CN)c1cc(Cl)ccc1Cl. The van der Waals surface area contributed by atoms with E-state index in [4.69, 9.17) is 28.9 Å². The minimum atomic E-state index is 0.145. The van der Waals surface area contributed by atoms with Crippen molar-refractivity contribution >= 4 is 23.2 Å². The van der Waals surface area contributed by atoms with E-state index < -0.39 is 0 Å². The monoisotopic (exact) mass is 300 g/mol. The highest BCUT2D eigenvalue weighted by Crippen LogP contribution is 2.31. The van der Waals surface area contributed by atoms with Gasteiger partial charge in [0.2, 0.25) is 0 Å². The van der Waals surface area contributed by atoms with Gasteiger partial charge in [-0.25, -0.2) is 0 Å². The summed E-state index contributed by atoms with van der Waals surface area (Å²) in [6.45, 7) is 1.65. The first-order valence-electron chi connectivity index (χ1n) is 6.97. The van der Waals surface area contributed by atoms with E-state index in [9.17, 15) is 0 Å². The van der Waals surface area contributed by atoms with Gasteiger partial charge in [-0.3, -0.25) is 4.90 Å². The van der Waals surface area contributed by atoms with Crippen LogP contribution in [-0.2, 0) is 0 Å². The summed E-state index contributed by atoms with van der Waals surface area (Å²) in [6.07, 6.45) is 5.41. The number of nitrogens with zero attached hydrogens (tertiary/aromatic N) is 1. The normalized spacial score (nSPS) is 18.2. The molecule has 0 amide bonds. The maximum Gasteiger partial charge on any atom is 0.0482 e. The van der Waals surface area contributed by atoms with Crippen LogP contribution in [0.25, 0.3) is 0 Å². The van der Waals surface area contributed by atoms with Crippen LogP contribution in [0.15, 0.2) is 18.2 Å². The maximum absolute atomic E-state index is 6.29. The van der Waals surface area contributed by atoms with Crippen LogP contribution in [0.3, 0.4) is 0 Å². The molecule has 19 heavy (non-hydrogen) atoms. The molecule has 2 rings (SSSR count). The van der Waals surface area contributed by atoms with Crippen LogP contribution >= 0.6 is 23.2 Å². The largest absolute Gasteiger partial charge is 0.329 e. The van der Waals surface area contributed by atoms with Crippen molar-refractivity contribution in [2.24, 2.45) is 11.7 Å². The Morgan fingerprint density at radius 3 is 2.63 bits per heavy atom. The molecular formula is C15H22Cl2N2. The lowest BCUT2D eigenvalue weighted by molar-refractivity contribution is 0.212. The number of halogens is 2. The van der Waals surface area contributed by atoms with E-state index in [0.29, 0.717) is 11.6 Å². The lowest BCUT2D eigenvalue weighted by Crippen LogP contribution is -2.34. The van der Waals surface area contributed by atoms with E-state index >= 15 is 0 Å². The first-order chi connectivity index (χ1) is 9.11. The summed E-state index contributed by atoms with van der Waals surface area (Å²) >= 11 is 12.4. The highest BCUT2D eigenvalue weighted by Gasteiger charge is 2.23. The van der Waals surface area contributed by atoms with E-state index in [1.54, 1.807) is 0 Å². The summed E-state index contributed by atoms with van der Waals surface area (Å²) in [5, 5.41) is 1.46. The molecule has 0 aliphatic heterocycles. The third-order valence-electron chi connectivity index (χ3n) is 4.09. The van der Waals surface area contributed by atoms with Crippen LogP contribution in [0.4, 0.5) is 0 Å². The molecule has 0 radical (unpaired) electrons. The molecule has 2 N–H and O–H groups in total. The van der Waals surface area contributed by atoms with Crippen molar-refractivity contribution in [3.8, 4) is 0 Å². The Morgan fingerprint density at radius 1 is 1.32 bits per heavy atom. The average Bonchev–Trinajstić information content (AvgIpc) is 2.87. The summed E-state index contributed by atoms with van der Waals surface area (Å²) in [5.74, 6) is 0.803. The number of likely N-dealkylation sites (N-methyl/N-ethyl adjacent to an activating group) is 1. The first-order valence-corrected chi connectivity index (χ1v) is 7.72. The molecule has 0 spiro atoms. The second-order valence-electron chi connectivity index (χ2n) is 5.51. The molecule has 2 nitrogen and oxygen atoms in total. The molecule has 1 aromatic carbocycles. The molecule has 0 heterocycles. The summed E-state index contributed by atoms with van der Waals surface area (Å²) in [6, 6.07) is 5.75. The van der Waals surface area contributed by atoms with Crippen LogP contribution in [0.1, 0.15) is 37.3 Å². The Bertz CT molecular complexity index is 417. The molecule has 1 fully saturated rings. The minimum Gasteiger partial charge on any atom is -0.329 e. The molecule has 1 unspecified atom stereocenters. The minimum absolute atomic E-state index is 0.145. The summed E-state index contributed by atoms with van der Waals surface area (Å²) in [7, 11) is 2.13. The van der Waals surface area contributed by atoms with Gasteiger partial charge in [-0.15, -0.1) is 0 Å². The van der Waals surface area contributed by atoms with E-state index in [2.05, 4.69) is 11.9 Å². The van der Waals surface area contributed by atoms with Crippen LogP contribution in [0, 0.1) is 5.92 Å². The molecule has 1 aliphatic carbocycles. The molecule has 1 atom stereocenters. The van der Waals surface area contributed by atoms with Gasteiger partial charge in [-0.1, -0.05) is 36.0 Å². The Kier molecular flexibility index (Phi) is 5.52. The van der Waals surface area contributed by atoms with Crippen LogP contribution in [0.5, 0.6) is 0 Å². The first kappa shape index (κ1) is 15.1. The van der Waals surface area contributed by atoms with E-state index in [-0.39, 0.29) is 6.04 Å². The second kappa shape index (κ2) is 6.94. The van der Waals surface area contributed by atoms with Gasteiger partial charge in [0.25, 0.3) is 0 Å². The van der Waals surface area contributed by atoms with Gasteiger partial charge < -0.3 is 5.73 Å². The zero-order chi connectivity index (χ0) is 13.8. The molecule has 1 aliphatic rings. The van der Waals surface area contributed by atoms with Gasteiger partial charge in [-0.05, 0) is 49.6 Å². The van der Waals surface area contributed by atoms with Gasteiger partial charge in [-0.2, -0.15) is 0 Å². The van der Waals surface area contributed by atoms with Crippen molar-refractivity contribution in [3.63, 3.8) is 0 Å². The van der Waals surface area contributed by atoms with Crippen molar-refractivity contribution in [2.45, 2.75) is 31.7 Å². The van der Waals surface area contributed by atoms with Gasteiger partial charge in [0.15, 0.2) is 0 Å². The van der Waals surface area contributed by atoms with Gasteiger partial charge in [0.1, 0.15) is 0 Å². The zero-order valence-corrected chi connectivity index (χ0v) is 12.9. The Balaban J connectivity index is 2.11. The van der Waals surface area contributed by atoms with Crippen molar-refractivity contribution < 1.29 is 0 Å². The van der Waals surface area contributed by atoms with Gasteiger partial charge >= 0.3 is 0 Å². The maximum atomic E-state index is 6.29. The quantitative estimate of drug-likeness (QED) is 0.886. The topological polar surface area (TPSA) is 29.3 Å². The van der Waals surface area contributed by atoms with E-state index in [1.807, 2.05) is 18.2 Å². The van der Waals surface area contributed by atoms with Crippen molar-refractivity contribution in [2.75, 3.05) is 20.1 Å². The Hall–Kier alpha value is -0.280. The molecule has 0 saturated heterocycles. The predicted octanol–water partition coefficient (Wildman–Crippen LogP) is 4.12. The number of rotatable bonds is 5. The zero-order valence-electron chi connectivity index (χ0n) is 11.4. The average molecular weight is 301 g/mol. The molecule has 0 aromatic heterocycles. The fourth-order valence-electron chi connectivity index (χ4n) is 3.04. The lowest BCUT2D eigenvalue weighted by Gasteiger charge is -2.30. The fraction of sp³-hybridized carbons (Fsp3) is 0.600. The summed E-state index contributed by atoms with van der Waals surface area (Å²) in [5.41, 5.74) is 6.99. The smallest absolute Gasteiger partial charge is 0.0482 e. The van der Waals surface area contributed by atoms with Crippen LogP contribution in [0.2, 0.25) is 10.0 Å². The number of nitrogens with two attached hydrogens (primary N) is 1. The summed E-state index contributed by atoms with van der Waals surface area (Å²) < 4.78 is 0. The predicted molar refractivity (Wildman–Crippen MR) is 82.8 cm³/mol. The second-order valence-corrected chi connectivity index (χ2v) is 6.35. The van der Waals surface area contributed by atoms with Crippen molar-refractivity contribution in [1.29, 1.82) is 0 Å². The van der Waals surface area contributed by atoms with Gasteiger partial charge in [0.05, 0.1) is 0 Å². The van der Waals surface area contributed by atoms with Crippen molar-refractivity contribution in [3.05, 3.63) is 33.8 Å². The Morgan fingerprint density at radius 2 is 2.00 bits per heavy atom.